The van der Waals surface area contributed by atoms with E-state index in [0.717, 1.165) is 12.8 Å². The lowest BCUT2D eigenvalue weighted by molar-refractivity contribution is -0.174. The van der Waals surface area contributed by atoms with Gasteiger partial charge in [0.15, 0.2) is 0 Å². The number of allylic oxidation sites excluding steroid dienone is 1. The van der Waals surface area contributed by atoms with E-state index in [4.69, 9.17) is 0 Å². The predicted molar refractivity (Wildman–Crippen MR) is 72.1 cm³/mol. The predicted octanol–water partition coefficient (Wildman–Crippen LogP) is 3.77. The smallest absolute Gasteiger partial charge is 0.342 e. The molecule has 1 unspecified atom stereocenters. The van der Waals surface area contributed by atoms with Crippen molar-refractivity contribution in [3.63, 3.8) is 0 Å². The van der Waals surface area contributed by atoms with Crippen molar-refractivity contribution in [2.45, 2.75) is 38.4 Å². The van der Waals surface area contributed by atoms with Crippen LogP contribution in [0.1, 0.15) is 25.3 Å². The van der Waals surface area contributed by atoms with Crippen LogP contribution in [-0.2, 0) is 11.2 Å². The van der Waals surface area contributed by atoms with Crippen LogP contribution in [0.4, 0.5) is 17.6 Å². The number of hydrogen-bond acceptors (Lipinski definition) is 1. The van der Waals surface area contributed by atoms with Crippen LogP contribution >= 0.6 is 0 Å². The number of alkyl halides is 3. The van der Waals surface area contributed by atoms with Gasteiger partial charge < -0.3 is 5.32 Å². The molecule has 0 bridgehead atoms. The fraction of sp³-hybridized carbons (Fsp3) is 0.400. The first-order valence-corrected chi connectivity index (χ1v) is 6.61. The summed E-state index contributed by atoms with van der Waals surface area (Å²) in [7, 11) is 0. The monoisotopic (exact) mass is 303 g/mol. The van der Waals surface area contributed by atoms with Gasteiger partial charge in [0.05, 0.1) is 0 Å². The summed E-state index contributed by atoms with van der Waals surface area (Å²) < 4.78 is 47.2. The van der Waals surface area contributed by atoms with Gasteiger partial charge in [0, 0.05) is 6.04 Å². The Morgan fingerprint density at radius 2 is 1.90 bits per heavy atom. The molecule has 1 atom stereocenters. The number of hydrogen-bond donors (Lipinski definition) is 1. The molecule has 1 amide bonds. The fourth-order valence-corrected chi connectivity index (χ4v) is 1.72. The Hall–Kier alpha value is -1.85. The number of carbonyl (C=O) groups is 1. The highest BCUT2D eigenvalue weighted by Crippen LogP contribution is 2.16. The van der Waals surface area contributed by atoms with Gasteiger partial charge in [-0.3, -0.25) is 4.79 Å². The molecular formula is C15H17F4NO. The summed E-state index contributed by atoms with van der Waals surface area (Å²) in [5.41, 5.74) is 1.18. The highest BCUT2D eigenvalue weighted by Gasteiger charge is 2.39. The quantitative estimate of drug-likeness (QED) is 0.654. The summed E-state index contributed by atoms with van der Waals surface area (Å²) in [6.45, 7) is 2.05. The first-order valence-electron chi connectivity index (χ1n) is 6.61. The first kappa shape index (κ1) is 17.2. The zero-order chi connectivity index (χ0) is 15.9. The summed E-state index contributed by atoms with van der Waals surface area (Å²) in [5, 5.41) is 1.87. The summed E-state index contributed by atoms with van der Waals surface area (Å²) in [6, 6.07) is 6.13. The van der Waals surface area contributed by atoms with Crippen LogP contribution in [0, 0.1) is 5.82 Å². The van der Waals surface area contributed by atoms with E-state index in [9.17, 15) is 22.4 Å². The molecule has 1 aliphatic carbocycles. The minimum atomic E-state index is -4.77. The molecule has 0 aliphatic heterocycles. The molecule has 116 valence electrons. The largest absolute Gasteiger partial charge is 0.471 e. The second kappa shape index (κ2) is 7.81. The molecule has 0 aromatic heterocycles. The van der Waals surface area contributed by atoms with Gasteiger partial charge in [-0.1, -0.05) is 31.2 Å². The SMILES string of the molecule is CCc1ccc(F)cc1.O=C(NC1C=CCC1)C(F)(F)F. The molecule has 0 radical (unpaired) electrons. The van der Waals surface area contributed by atoms with Gasteiger partial charge in [0.1, 0.15) is 5.82 Å². The van der Waals surface area contributed by atoms with Gasteiger partial charge in [0.25, 0.3) is 0 Å². The average molecular weight is 303 g/mol. The number of benzene rings is 1. The van der Waals surface area contributed by atoms with Crippen molar-refractivity contribution in [2.75, 3.05) is 0 Å². The van der Waals surface area contributed by atoms with Crippen molar-refractivity contribution >= 4 is 5.91 Å². The van der Waals surface area contributed by atoms with E-state index < -0.39 is 18.1 Å². The molecular weight excluding hydrogens is 286 g/mol. The van der Waals surface area contributed by atoms with Crippen molar-refractivity contribution in [1.29, 1.82) is 0 Å². The summed E-state index contributed by atoms with van der Waals surface area (Å²) >= 11 is 0. The molecule has 1 aromatic rings. The zero-order valence-corrected chi connectivity index (χ0v) is 11.6. The Balaban J connectivity index is 0.000000219. The van der Waals surface area contributed by atoms with Crippen LogP contribution in [0.25, 0.3) is 0 Å². The van der Waals surface area contributed by atoms with Crippen LogP contribution in [0.2, 0.25) is 0 Å². The molecule has 0 spiro atoms. The third kappa shape index (κ3) is 6.42. The number of nitrogens with one attached hydrogen (secondary N) is 1. The molecule has 21 heavy (non-hydrogen) atoms. The third-order valence-corrected chi connectivity index (χ3v) is 2.91. The van der Waals surface area contributed by atoms with E-state index in [1.807, 2.05) is 12.2 Å². The van der Waals surface area contributed by atoms with Gasteiger partial charge in [-0.05, 0) is 37.0 Å². The molecule has 6 heteroatoms. The Labute approximate surface area is 120 Å². The molecule has 1 aliphatic rings. The van der Waals surface area contributed by atoms with Gasteiger partial charge in [-0.25, -0.2) is 4.39 Å². The van der Waals surface area contributed by atoms with E-state index in [2.05, 4.69) is 0 Å². The van der Waals surface area contributed by atoms with Gasteiger partial charge >= 0.3 is 12.1 Å². The third-order valence-electron chi connectivity index (χ3n) is 2.91. The Morgan fingerprint density at radius 1 is 1.29 bits per heavy atom. The van der Waals surface area contributed by atoms with Crippen LogP contribution < -0.4 is 5.32 Å². The molecule has 0 saturated carbocycles. The average Bonchev–Trinajstić information content (AvgIpc) is 2.92. The molecule has 1 N–H and O–H groups in total. The van der Waals surface area contributed by atoms with E-state index in [1.165, 1.54) is 17.7 Å². The van der Waals surface area contributed by atoms with Gasteiger partial charge in [0.2, 0.25) is 0 Å². The van der Waals surface area contributed by atoms with E-state index in [0.29, 0.717) is 6.42 Å². The van der Waals surface area contributed by atoms with Crippen LogP contribution in [0.3, 0.4) is 0 Å². The molecule has 2 nitrogen and oxygen atoms in total. The summed E-state index contributed by atoms with van der Waals surface area (Å²) in [6.07, 6.45) is 0.812. The van der Waals surface area contributed by atoms with E-state index in [-0.39, 0.29) is 5.82 Å². The van der Waals surface area contributed by atoms with E-state index >= 15 is 0 Å². The topological polar surface area (TPSA) is 29.1 Å². The fourth-order valence-electron chi connectivity index (χ4n) is 1.72. The standard InChI is InChI=1S/C8H9F.C7H8F3NO/c1-2-7-3-5-8(9)6-4-7;8-7(9,10)6(12)11-5-3-1-2-4-5/h3-6H,2H2,1H3;1,3,5H,2,4H2,(H,11,12). The van der Waals surface area contributed by atoms with Crippen molar-refractivity contribution < 1.29 is 22.4 Å². The Morgan fingerprint density at radius 3 is 2.33 bits per heavy atom. The maximum absolute atomic E-state index is 12.2. The summed E-state index contributed by atoms with van der Waals surface area (Å²) in [4.78, 5) is 10.4. The lowest BCUT2D eigenvalue weighted by Gasteiger charge is -2.11. The van der Waals surface area contributed by atoms with Crippen molar-refractivity contribution in [1.82, 2.24) is 5.32 Å². The number of aryl methyl sites for hydroxylation is 1. The van der Waals surface area contributed by atoms with E-state index in [1.54, 1.807) is 24.3 Å². The maximum atomic E-state index is 12.2. The first-order chi connectivity index (χ1) is 9.82. The second-order valence-electron chi connectivity index (χ2n) is 4.56. The van der Waals surface area contributed by atoms with Gasteiger partial charge in [-0.2, -0.15) is 13.2 Å². The number of amides is 1. The van der Waals surface area contributed by atoms with Gasteiger partial charge in [-0.15, -0.1) is 0 Å². The van der Waals surface area contributed by atoms with Crippen molar-refractivity contribution in [3.8, 4) is 0 Å². The number of rotatable bonds is 2. The van der Waals surface area contributed by atoms with Crippen LogP contribution in [-0.4, -0.2) is 18.1 Å². The summed E-state index contributed by atoms with van der Waals surface area (Å²) in [5.74, 6) is -2.02. The zero-order valence-electron chi connectivity index (χ0n) is 11.6. The van der Waals surface area contributed by atoms with Crippen molar-refractivity contribution in [2.24, 2.45) is 0 Å². The molecule has 0 saturated heterocycles. The number of halogens is 4. The normalized spacial score (nSPS) is 17.1. The minimum Gasteiger partial charge on any atom is -0.342 e. The minimum absolute atomic E-state index is 0.160. The molecule has 0 heterocycles. The lowest BCUT2D eigenvalue weighted by atomic mass is 10.2. The highest BCUT2D eigenvalue weighted by molar-refractivity contribution is 5.82. The Bertz CT molecular complexity index is 479. The van der Waals surface area contributed by atoms with Crippen LogP contribution in [0.15, 0.2) is 36.4 Å². The lowest BCUT2D eigenvalue weighted by Crippen LogP contribution is -2.41. The molecule has 0 fully saturated rings. The van der Waals surface area contributed by atoms with Crippen molar-refractivity contribution in [3.05, 3.63) is 47.8 Å². The molecule has 1 aromatic carbocycles. The Kier molecular flexibility index (Phi) is 6.39. The highest BCUT2D eigenvalue weighted by atomic mass is 19.4. The van der Waals surface area contributed by atoms with Crippen LogP contribution in [0.5, 0.6) is 0 Å². The maximum Gasteiger partial charge on any atom is 0.471 e. The number of carbonyl (C=O) groups excluding carboxylic acids is 1. The molecule has 2 rings (SSSR count). The second-order valence-corrected chi connectivity index (χ2v) is 4.56.